The molecule has 0 unspecified atom stereocenters. The lowest BCUT2D eigenvalue weighted by Crippen LogP contribution is -2.35. The molecule has 0 spiro atoms. The van der Waals surface area contributed by atoms with Crippen molar-refractivity contribution in [1.29, 1.82) is 0 Å². The summed E-state index contributed by atoms with van der Waals surface area (Å²) in [6.07, 6.45) is -2.46. The van der Waals surface area contributed by atoms with Crippen LogP contribution in [0.15, 0.2) is 34.1 Å². The summed E-state index contributed by atoms with van der Waals surface area (Å²) in [5, 5.41) is 10.9. The van der Waals surface area contributed by atoms with E-state index in [0.717, 1.165) is 31.8 Å². The third-order valence-electron chi connectivity index (χ3n) is 3.60. The van der Waals surface area contributed by atoms with E-state index in [-0.39, 0.29) is 10.9 Å². The molecule has 3 aromatic heterocycles. The fourth-order valence-electron chi connectivity index (χ4n) is 2.30. The Morgan fingerprint density at radius 2 is 1.93 bits per heavy atom. The van der Waals surface area contributed by atoms with Crippen LogP contribution in [0.5, 0.6) is 10.9 Å². The summed E-state index contributed by atoms with van der Waals surface area (Å²) < 4.78 is 43.1. The number of hydrogen-bond donors (Lipinski definition) is 2. The highest BCUT2D eigenvalue weighted by Gasteiger charge is 2.32. The number of hydrogen-bond acceptors (Lipinski definition) is 9. The first-order valence-corrected chi connectivity index (χ1v) is 9.91. The molecular formula is C16H13F3N6OS2. The van der Waals surface area contributed by atoms with Crippen LogP contribution in [0.2, 0.25) is 0 Å². The standard InChI is InChI=1S/C16H13F3N6OS2/c17-16(18,19)12-3-2-9(6-22-12)26-15-24-11(8-28-15)10-7-27-14(23-10)25-13-20-4-1-5-21-13/h2-3,6-8H,1,4-5H2,(H2,20,21,23,25). The second-order valence-electron chi connectivity index (χ2n) is 5.65. The molecule has 0 fully saturated rings. The maximum absolute atomic E-state index is 12.6. The molecule has 28 heavy (non-hydrogen) atoms. The molecule has 0 bridgehead atoms. The van der Waals surface area contributed by atoms with Crippen LogP contribution in [0.4, 0.5) is 18.3 Å². The third kappa shape index (κ3) is 4.39. The van der Waals surface area contributed by atoms with Crippen LogP contribution in [-0.2, 0) is 6.18 Å². The number of rotatable bonds is 4. The van der Waals surface area contributed by atoms with Crippen molar-refractivity contribution in [1.82, 2.24) is 20.3 Å². The van der Waals surface area contributed by atoms with Crippen LogP contribution in [0.1, 0.15) is 12.1 Å². The summed E-state index contributed by atoms with van der Waals surface area (Å²) >= 11 is 2.64. The molecule has 7 nitrogen and oxygen atoms in total. The Morgan fingerprint density at radius 1 is 1.11 bits per heavy atom. The number of guanidine groups is 1. The highest BCUT2D eigenvalue weighted by molar-refractivity contribution is 7.14. The largest absolute Gasteiger partial charge is 0.433 e. The van der Waals surface area contributed by atoms with E-state index in [1.807, 2.05) is 5.38 Å². The number of nitrogens with one attached hydrogen (secondary N) is 2. The van der Waals surface area contributed by atoms with E-state index in [1.54, 1.807) is 5.38 Å². The zero-order valence-corrected chi connectivity index (χ0v) is 15.8. The SMILES string of the molecule is FC(F)(F)c1ccc(Oc2nc(-c3csc(NC4=NCCCN4)n3)cs2)cn1. The van der Waals surface area contributed by atoms with Gasteiger partial charge in [0.05, 0.1) is 6.20 Å². The van der Waals surface area contributed by atoms with E-state index in [1.165, 1.54) is 28.7 Å². The second-order valence-corrected chi connectivity index (χ2v) is 7.33. The number of anilines is 1. The summed E-state index contributed by atoms with van der Waals surface area (Å²) in [6.45, 7) is 1.65. The van der Waals surface area contributed by atoms with Gasteiger partial charge in [0.1, 0.15) is 22.8 Å². The van der Waals surface area contributed by atoms with Gasteiger partial charge in [0.2, 0.25) is 0 Å². The topological polar surface area (TPSA) is 84.3 Å². The summed E-state index contributed by atoms with van der Waals surface area (Å²) in [4.78, 5) is 16.5. The van der Waals surface area contributed by atoms with Crippen molar-refractivity contribution in [3.8, 4) is 22.3 Å². The van der Waals surface area contributed by atoms with E-state index in [9.17, 15) is 13.2 Å². The fourth-order valence-corrected chi connectivity index (χ4v) is 3.68. The summed E-state index contributed by atoms with van der Waals surface area (Å²) in [5.41, 5.74) is 0.308. The lowest BCUT2D eigenvalue weighted by Gasteiger charge is -2.13. The predicted octanol–water partition coefficient (Wildman–Crippen LogP) is 4.23. The lowest BCUT2D eigenvalue weighted by atomic mass is 10.3. The smallest absolute Gasteiger partial charge is 0.429 e. The summed E-state index contributed by atoms with van der Waals surface area (Å²) in [7, 11) is 0. The van der Waals surface area contributed by atoms with Gasteiger partial charge in [-0.25, -0.2) is 15.0 Å². The molecule has 0 aromatic carbocycles. The van der Waals surface area contributed by atoms with Crippen molar-refractivity contribution in [2.24, 2.45) is 4.99 Å². The Morgan fingerprint density at radius 3 is 2.64 bits per heavy atom. The Bertz CT molecular complexity index is 983. The highest BCUT2D eigenvalue weighted by atomic mass is 32.1. The molecule has 0 aliphatic carbocycles. The van der Waals surface area contributed by atoms with E-state index in [2.05, 4.69) is 30.6 Å². The number of thiazole rings is 2. The molecule has 1 aliphatic heterocycles. The number of ether oxygens (including phenoxy) is 1. The first-order valence-electron chi connectivity index (χ1n) is 8.15. The van der Waals surface area contributed by atoms with Gasteiger partial charge in [-0.1, -0.05) is 11.3 Å². The number of pyridine rings is 1. The zero-order chi connectivity index (χ0) is 19.6. The molecule has 3 aromatic rings. The first kappa shape index (κ1) is 18.6. The van der Waals surface area contributed by atoms with Crippen molar-refractivity contribution in [2.75, 3.05) is 18.4 Å². The van der Waals surface area contributed by atoms with Gasteiger partial charge in [-0.15, -0.1) is 11.3 Å². The normalized spacial score (nSPS) is 14.3. The zero-order valence-electron chi connectivity index (χ0n) is 14.2. The minimum atomic E-state index is -4.48. The maximum Gasteiger partial charge on any atom is 0.433 e. The van der Waals surface area contributed by atoms with Crippen LogP contribution in [0.3, 0.4) is 0 Å². The second kappa shape index (κ2) is 7.72. The number of aliphatic imine (C=N–C) groups is 1. The Hall–Kier alpha value is -2.73. The van der Waals surface area contributed by atoms with Gasteiger partial charge >= 0.3 is 6.18 Å². The molecule has 1 aliphatic rings. The third-order valence-corrected chi connectivity index (χ3v) is 5.08. The minimum Gasteiger partial charge on any atom is -0.429 e. The van der Waals surface area contributed by atoms with Gasteiger partial charge in [-0.2, -0.15) is 13.2 Å². The van der Waals surface area contributed by atoms with Gasteiger partial charge in [0.15, 0.2) is 11.1 Å². The highest BCUT2D eigenvalue weighted by Crippen LogP contribution is 2.33. The molecule has 146 valence electrons. The van der Waals surface area contributed by atoms with Crippen molar-refractivity contribution >= 4 is 33.8 Å². The van der Waals surface area contributed by atoms with Crippen molar-refractivity contribution in [3.63, 3.8) is 0 Å². The average molecular weight is 426 g/mol. The van der Waals surface area contributed by atoms with Crippen molar-refractivity contribution in [2.45, 2.75) is 12.6 Å². The molecule has 4 rings (SSSR count). The Kier molecular flexibility index (Phi) is 5.13. The lowest BCUT2D eigenvalue weighted by molar-refractivity contribution is -0.141. The number of alkyl halides is 3. The van der Waals surface area contributed by atoms with Gasteiger partial charge in [0.25, 0.3) is 5.19 Å². The van der Waals surface area contributed by atoms with Crippen LogP contribution in [0.25, 0.3) is 11.4 Å². The molecule has 4 heterocycles. The van der Waals surface area contributed by atoms with E-state index in [0.29, 0.717) is 22.5 Å². The summed E-state index contributed by atoms with van der Waals surface area (Å²) in [6, 6.07) is 2.07. The number of aromatic nitrogens is 3. The quantitative estimate of drug-likeness (QED) is 0.650. The number of halogens is 3. The van der Waals surface area contributed by atoms with Crippen molar-refractivity contribution in [3.05, 3.63) is 34.8 Å². The van der Waals surface area contributed by atoms with E-state index < -0.39 is 11.9 Å². The average Bonchev–Trinajstić information content (AvgIpc) is 3.32. The molecule has 2 N–H and O–H groups in total. The van der Waals surface area contributed by atoms with E-state index in [4.69, 9.17) is 4.74 Å². The predicted molar refractivity (Wildman–Crippen MR) is 101 cm³/mol. The molecule has 0 saturated heterocycles. The van der Waals surface area contributed by atoms with Crippen LogP contribution < -0.4 is 15.4 Å². The Labute approximate surface area is 165 Å². The molecule has 0 amide bonds. The van der Waals surface area contributed by atoms with Crippen LogP contribution in [-0.4, -0.2) is 34.0 Å². The van der Waals surface area contributed by atoms with E-state index >= 15 is 0 Å². The molecular weight excluding hydrogens is 413 g/mol. The van der Waals surface area contributed by atoms with Gasteiger partial charge in [-0.05, 0) is 18.6 Å². The first-order chi connectivity index (χ1) is 13.5. The molecule has 12 heteroatoms. The minimum absolute atomic E-state index is 0.177. The van der Waals surface area contributed by atoms with Crippen molar-refractivity contribution < 1.29 is 17.9 Å². The number of nitrogens with zero attached hydrogens (tertiary/aromatic N) is 4. The molecule has 0 radical (unpaired) electrons. The van der Waals surface area contributed by atoms with Crippen LogP contribution >= 0.6 is 22.7 Å². The van der Waals surface area contributed by atoms with Gasteiger partial charge in [-0.3, -0.25) is 4.99 Å². The maximum atomic E-state index is 12.6. The molecule has 0 saturated carbocycles. The summed E-state index contributed by atoms with van der Waals surface area (Å²) in [5.74, 6) is 0.875. The Balaban J connectivity index is 1.42. The fraction of sp³-hybridized carbons (Fsp3) is 0.250. The van der Waals surface area contributed by atoms with Crippen LogP contribution in [0, 0.1) is 0 Å². The monoisotopic (exact) mass is 426 g/mol. The molecule has 0 atom stereocenters. The van der Waals surface area contributed by atoms with Gasteiger partial charge < -0.3 is 15.4 Å². The van der Waals surface area contributed by atoms with Gasteiger partial charge in [0, 0.05) is 23.8 Å².